The lowest BCUT2D eigenvalue weighted by atomic mass is 9.99. The predicted molar refractivity (Wildman–Crippen MR) is 70.7 cm³/mol. The number of hydrogen-bond donors (Lipinski definition) is 0. The SMILES string of the molecule is COc1cc(C)c(CCCCC(C)=O)cc1C. The maximum absolute atomic E-state index is 10.8. The molecule has 1 aromatic rings. The van der Waals surface area contributed by atoms with Crippen molar-refractivity contribution < 1.29 is 9.53 Å². The van der Waals surface area contributed by atoms with Crippen LogP contribution in [-0.2, 0) is 11.2 Å². The van der Waals surface area contributed by atoms with Gasteiger partial charge in [-0.1, -0.05) is 6.07 Å². The van der Waals surface area contributed by atoms with Gasteiger partial charge in [-0.2, -0.15) is 0 Å². The van der Waals surface area contributed by atoms with Crippen LogP contribution in [0.2, 0.25) is 0 Å². The molecule has 1 aromatic carbocycles. The lowest BCUT2D eigenvalue weighted by Gasteiger charge is -2.11. The van der Waals surface area contributed by atoms with Gasteiger partial charge in [-0.25, -0.2) is 0 Å². The molecular weight excluding hydrogens is 212 g/mol. The second kappa shape index (κ2) is 6.43. The van der Waals surface area contributed by atoms with E-state index in [1.54, 1.807) is 14.0 Å². The third-order valence-corrected chi connectivity index (χ3v) is 3.08. The minimum absolute atomic E-state index is 0.285. The van der Waals surface area contributed by atoms with Crippen LogP contribution < -0.4 is 4.74 Å². The number of ketones is 1. The zero-order valence-electron chi connectivity index (χ0n) is 11.3. The summed E-state index contributed by atoms with van der Waals surface area (Å²) < 4.78 is 5.29. The fourth-order valence-electron chi connectivity index (χ4n) is 2.03. The molecule has 2 heteroatoms. The highest BCUT2D eigenvalue weighted by atomic mass is 16.5. The van der Waals surface area contributed by atoms with Crippen LogP contribution in [0.4, 0.5) is 0 Å². The van der Waals surface area contributed by atoms with E-state index in [-0.39, 0.29) is 5.78 Å². The zero-order chi connectivity index (χ0) is 12.8. The Bertz CT molecular complexity index is 394. The lowest BCUT2D eigenvalue weighted by Crippen LogP contribution is -1.96. The minimum Gasteiger partial charge on any atom is -0.496 e. The second-order valence-corrected chi connectivity index (χ2v) is 4.66. The van der Waals surface area contributed by atoms with E-state index in [9.17, 15) is 4.79 Å². The van der Waals surface area contributed by atoms with Crippen LogP contribution in [0.1, 0.15) is 42.9 Å². The first-order valence-electron chi connectivity index (χ1n) is 6.18. The lowest BCUT2D eigenvalue weighted by molar-refractivity contribution is -0.117. The molecule has 0 aliphatic heterocycles. The summed E-state index contributed by atoms with van der Waals surface area (Å²) >= 11 is 0. The highest BCUT2D eigenvalue weighted by Gasteiger charge is 2.05. The van der Waals surface area contributed by atoms with Crippen molar-refractivity contribution in [3.63, 3.8) is 0 Å². The van der Waals surface area contributed by atoms with Crippen molar-refractivity contribution in [3.05, 3.63) is 28.8 Å². The fourth-order valence-corrected chi connectivity index (χ4v) is 2.03. The number of ether oxygens (including phenoxy) is 1. The van der Waals surface area contributed by atoms with Gasteiger partial charge in [0.25, 0.3) is 0 Å². The first-order chi connectivity index (χ1) is 8.04. The minimum atomic E-state index is 0.285. The van der Waals surface area contributed by atoms with E-state index in [4.69, 9.17) is 4.74 Å². The Hall–Kier alpha value is -1.31. The first-order valence-corrected chi connectivity index (χ1v) is 6.18. The summed E-state index contributed by atoms with van der Waals surface area (Å²) in [5.41, 5.74) is 3.82. The number of benzene rings is 1. The van der Waals surface area contributed by atoms with Crippen LogP contribution >= 0.6 is 0 Å². The van der Waals surface area contributed by atoms with Crippen LogP contribution in [0.5, 0.6) is 5.75 Å². The van der Waals surface area contributed by atoms with Crippen LogP contribution in [-0.4, -0.2) is 12.9 Å². The van der Waals surface area contributed by atoms with Gasteiger partial charge in [-0.05, 0) is 62.8 Å². The highest BCUT2D eigenvalue weighted by molar-refractivity contribution is 5.75. The van der Waals surface area contributed by atoms with Crippen molar-refractivity contribution in [3.8, 4) is 5.75 Å². The summed E-state index contributed by atoms with van der Waals surface area (Å²) in [5, 5.41) is 0. The van der Waals surface area contributed by atoms with Gasteiger partial charge in [0.2, 0.25) is 0 Å². The molecule has 2 nitrogen and oxygen atoms in total. The number of hydrogen-bond acceptors (Lipinski definition) is 2. The van der Waals surface area contributed by atoms with E-state index in [2.05, 4.69) is 26.0 Å². The van der Waals surface area contributed by atoms with E-state index in [1.807, 2.05) is 0 Å². The molecule has 0 saturated heterocycles. The molecule has 0 spiro atoms. The number of unbranched alkanes of at least 4 members (excludes halogenated alkanes) is 1. The van der Waals surface area contributed by atoms with Gasteiger partial charge in [0, 0.05) is 6.42 Å². The topological polar surface area (TPSA) is 26.3 Å². The van der Waals surface area contributed by atoms with Gasteiger partial charge in [-0.3, -0.25) is 0 Å². The molecule has 0 bridgehead atoms. The first kappa shape index (κ1) is 13.8. The van der Waals surface area contributed by atoms with Crippen molar-refractivity contribution >= 4 is 5.78 Å². The van der Waals surface area contributed by atoms with Gasteiger partial charge in [-0.15, -0.1) is 0 Å². The Morgan fingerprint density at radius 2 is 1.88 bits per heavy atom. The summed E-state index contributed by atoms with van der Waals surface area (Å²) in [5.74, 6) is 1.24. The van der Waals surface area contributed by atoms with Crippen molar-refractivity contribution in [2.45, 2.75) is 46.5 Å². The van der Waals surface area contributed by atoms with Crippen molar-refractivity contribution in [2.75, 3.05) is 7.11 Å². The standard InChI is InChI=1S/C15H22O2/c1-11-10-15(17-4)12(2)9-14(11)8-6-5-7-13(3)16/h9-10H,5-8H2,1-4H3. The second-order valence-electron chi connectivity index (χ2n) is 4.66. The average Bonchev–Trinajstić information content (AvgIpc) is 2.28. The maximum atomic E-state index is 10.8. The Morgan fingerprint density at radius 1 is 1.18 bits per heavy atom. The molecule has 0 aliphatic rings. The molecule has 0 radical (unpaired) electrons. The average molecular weight is 234 g/mol. The molecule has 0 N–H and O–H groups in total. The van der Waals surface area contributed by atoms with Gasteiger partial charge in [0.1, 0.15) is 11.5 Å². The summed E-state index contributed by atoms with van der Waals surface area (Å²) in [6.45, 7) is 5.84. The van der Waals surface area contributed by atoms with Crippen LogP contribution in [0, 0.1) is 13.8 Å². The van der Waals surface area contributed by atoms with Crippen LogP contribution in [0.25, 0.3) is 0 Å². The number of methoxy groups -OCH3 is 1. The molecule has 0 unspecified atom stereocenters. The summed E-state index contributed by atoms with van der Waals surface area (Å²) in [6.07, 6.45) is 3.81. The van der Waals surface area contributed by atoms with Crippen LogP contribution in [0.15, 0.2) is 12.1 Å². The number of carbonyl (C=O) groups excluding carboxylic acids is 1. The Labute approximate surface area is 104 Å². The van der Waals surface area contributed by atoms with Crippen molar-refractivity contribution in [2.24, 2.45) is 0 Å². The molecule has 0 aromatic heterocycles. The fraction of sp³-hybridized carbons (Fsp3) is 0.533. The number of aryl methyl sites for hydroxylation is 3. The largest absolute Gasteiger partial charge is 0.496 e. The Balaban J connectivity index is 2.59. The summed E-state index contributed by atoms with van der Waals surface area (Å²) in [4.78, 5) is 10.8. The van der Waals surface area contributed by atoms with E-state index in [0.29, 0.717) is 6.42 Å². The number of Topliss-reactive ketones (excluding diaryl/α,β-unsaturated/α-hetero) is 1. The third-order valence-electron chi connectivity index (χ3n) is 3.08. The van der Waals surface area contributed by atoms with E-state index in [0.717, 1.165) is 25.0 Å². The molecule has 1 rings (SSSR count). The number of rotatable bonds is 6. The highest BCUT2D eigenvalue weighted by Crippen LogP contribution is 2.23. The summed E-state index contributed by atoms with van der Waals surface area (Å²) in [6, 6.07) is 4.29. The van der Waals surface area contributed by atoms with Crippen molar-refractivity contribution in [1.29, 1.82) is 0 Å². The Kier molecular flexibility index (Phi) is 5.20. The summed E-state index contributed by atoms with van der Waals surface area (Å²) in [7, 11) is 1.70. The van der Waals surface area contributed by atoms with E-state index < -0.39 is 0 Å². The normalized spacial score (nSPS) is 10.4. The molecule has 0 heterocycles. The molecule has 0 fully saturated rings. The molecular formula is C15H22O2. The van der Waals surface area contributed by atoms with E-state index >= 15 is 0 Å². The number of carbonyl (C=O) groups is 1. The molecule has 0 amide bonds. The monoisotopic (exact) mass is 234 g/mol. The molecule has 94 valence electrons. The third kappa shape index (κ3) is 4.22. The zero-order valence-corrected chi connectivity index (χ0v) is 11.3. The molecule has 0 atom stereocenters. The van der Waals surface area contributed by atoms with Gasteiger partial charge in [0.05, 0.1) is 7.11 Å². The quantitative estimate of drug-likeness (QED) is 0.703. The smallest absolute Gasteiger partial charge is 0.129 e. The van der Waals surface area contributed by atoms with Crippen molar-refractivity contribution in [1.82, 2.24) is 0 Å². The maximum Gasteiger partial charge on any atom is 0.129 e. The van der Waals surface area contributed by atoms with E-state index in [1.165, 1.54) is 16.7 Å². The Morgan fingerprint density at radius 3 is 2.47 bits per heavy atom. The molecule has 0 saturated carbocycles. The molecule has 0 aliphatic carbocycles. The van der Waals surface area contributed by atoms with Gasteiger partial charge >= 0.3 is 0 Å². The molecule has 17 heavy (non-hydrogen) atoms. The van der Waals surface area contributed by atoms with Gasteiger partial charge < -0.3 is 9.53 Å². The van der Waals surface area contributed by atoms with Gasteiger partial charge in [0.15, 0.2) is 0 Å². The van der Waals surface area contributed by atoms with Crippen LogP contribution in [0.3, 0.4) is 0 Å². The predicted octanol–water partition coefficient (Wildman–Crippen LogP) is 3.61.